The van der Waals surface area contributed by atoms with Gasteiger partial charge in [0.1, 0.15) is 0 Å². The van der Waals surface area contributed by atoms with E-state index in [-0.39, 0.29) is 172 Å². The molecule has 19 heavy (non-hydrogen) atoms. The van der Waals surface area contributed by atoms with Gasteiger partial charge in [-0.2, -0.15) is 0 Å². The summed E-state index contributed by atoms with van der Waals surface area (Å²) in [4.78, 5) is 0. The second kappa shape index (κ2) is 21.1. The Kier molecular flexibility index (Phi) is 48.8. The van der Waals surface area contributed by atoms with Crippen LogP contribution in [0.15, 0.2) is 0 Å². The van der Waals surface area contributed by atoms with Crippen LogP contribution in [0.3, 0.4) is 0 Å². The maximum absolute atomic E-state index is 8.52. The number of hydrogen-bond acceptors (Lipinski definition) is 12. The third-order valence-corrected chi connectivity index (χ3v) is 0. The number of rotatable bonds is 0. The molecule has 0 saturated heterocycles. The average molecular weight is 432 g/mol. The van der Waals surface area contributed by atoms with Gasteiger partial charge in [0.15, 0.2) is 0 Å². The normalized spacial score (nSPS) is 9.16. The molecule has 0 heterocycles. The van der Waals surface area contributed by atoms with Gasteiger partial charge in [-0.1, -0.05) is 0 Å². The minimum atomic E-state index is -5.17. The molecule has 0 aliphatic carbocycles. The van der Waals surface area contributed by atoms with Crippen molar-refractivity contribution in [2.75, 3.05) is 0 Å². The quantitative estimate of drug-likeness (QED) is 0.197. The predicted octanol–water partition coefficient (Wildman–Crippen LogP) is -13.4. The van der Waals surface area contributed by atoms with E-state index in [0.29, 0.717) is 0 Å². The molecule has 0 aliphatic rings. The van der Waals surface area contributed by atoms with Gasteiger partial charge in [0, 0.05) is 31.2 Å². The largest absolute Gasteiger partial charge is 3.00 e. The molecular formula is AlK3O12S3. The van der Waals surface area contributed by atoms with Crippen LogP contribution < -0.4 is 154 Å². The summed E-state index contributed by atoms with van der Waals surface area (Å²) < 4.78 is 102. The maximum atomic E-state index is 8.52. The molecule has 0 aliphatic heterocycles. The minimum absolute atomic E-state index is 0. The third-order valence-electron chi connectivity index (χ3n) is 0. The average Bonchev–Trinajstić information content (AvgIpc) is 1.41. The summed E-state index contributed by atoms with van der Waals surface area (Å²) in [6.07, 6.45) is 0. The molecular weight excluding hydrogens is 432 g/mol. The van der Waals surface area contributed by atoms with Crippen LogP contribution in [-0.2, 0) is 31.2 Å². The molecule has 12 nitrogen and oxygen atoms in total. The zero-order chi connectivity index (χ0) is 13.5. The van der Waals surface area contributed by atoms with E-state index in [1.165, 1.54) is 0 Å². The first-order valence-corrected chi connectivity index (χ1v) is 6.00. The van der Waals surface area contributed by atoms with E-state index >= 15 is 0 Å². The first-order chi connectivity index (χ1) is 6.00. The van der Waals surface area contributed by atoms with E-state index in [0.717, 1.165) is 0 Å². The molecule has 0 atom stereocenters. The SMILES string of the molecule is O=S(=O)([O-])[O-].O=S(=O)([O-])[O-].O=S(=O)([O-])[O-].[Al+3].[K+].[K+].[K+]. The van der Waals surface area contributed by atoms with Crippen LogP contribution in [0.1, 0.15) is 0 Å². The van der Waals surface area contributed by atoms with Crippen molar-refractivity contribution in [3.05, 3.63) is 0 Å². The fraction of sp³-hybridized carbons (Fsp3) is 0. The van der Waals surface area contributed by atoms with Crippen molar-refractivity contribution in [3.8, 4) is 0 Å². The van der Waals surface area contributed by atoms with Crippen LogP contribution >= 0.6 is 0 Å². The molecule has 96 valence electrons. The van der Waals surface area contributed by atoms with E-state index < -0.39 is 31.2 Å². The van der Waals surface area contributed by atoms with E-state index in [9.17, 15) is 0 Å². The minimum Gasteiger partial charge on any atom is -0.759 e. The van der Waals surface area contributed by atoms with Gasteiger partial charge in [-0.3, -0.25) is 25.3 Å². The maximum Gasteiger partial charge on any atom is 3.00 e. The van der Waals surface area contributed by atoms with Crippen LogP contribution in [0.25, 0.3) is 0 Å². The zero-order valence-corrected chi connectivity index (χ0v) is 22.7. The fourth-order valence-electron chi connectivity index (χ4n) is 0. The van der Waals surface area contributed by atoms with Crippen molar-refractivity contribution in [2.45, 2.75) is 0 Å². The van der Waals surface area contributed by atoms with Crippen LogP contribution in [0, 0.1) is 0 Å². The molecule has 0 fully saturated rings. The van der Waals surface area contributed by atoms with Gasteiger partial charge in [-0.15, -0.1) is 0 Å². The van der Waals surface area contributed by atoms with Crippen molar-refractivity contribution < 1.29 is 207 Å². The summed E-state index contributed by atoms with van der Waals surface area (Å²) in [5, 5.41) is 0. The van der Waals surface area contributed by atoms with E-state index in [2.05, 4.69) is 0 Å². The van der Waals surface area contributed by atoms with Crippen molar-refractivity contribution >= 4 is 48.6 Å². The Labute approximate surface area is 248 Å². The van der Waals surface area contributed by atoms with Crippen LogP contribution in [0.4, 0.5) is 0 Å². The van der Waals surface area contributed by atoms with Crippen molar-refractivity contribution in [1.29, 1.82) is 0 Å². The Morgan fingerprint density at radius 2 is 0.421 bits per heavy atom. The molecule has 0 rings (SSSR count). The van der Waals surface area contributed by atoms with Gasteiger partial charge >= 0.3 is 172 Å². The molecule has 19 heteroatoms. The molecule has 0 spiro atoms. The fourth-order valence-corrected chi connectivity index (χ4v) is 0. The van der Waals surface area contributed by atoms with E-state index in [4.69, 9.17) is 52.6 Å². The molecule has 0 aromatic heterocycles. The van der Waals surface area contributed by atoms with Crippen LogP contribution in [-0.4, -0.2) is 69.9 Å². The van der Waals surface area contributed by atoms with Crippen molar-refractivity contribution in [1.82, 2.24) is 0 Å². The summed E-state index contributed by atoms with van der Waals surface area (Å²) in [6.45, 7) is 0. The van der Waals surface area contributed by atoms with Crippen LogP contribution in [0.5, 0.6) is 0 Å². The van der Waals surface area contributed by atoms with Crippen LogP contribution in [0.2, 0.25) is 0 Å². The summed E-state index contributed by atoms with van der Waals surface area (Å²) >= 11 is 0. The standard InChI is InChI=1S/Al.3K.3H2O4S/c;;;;3*1-5(2,3)4/h;;;;3*(H2,1,2,3,4)/q+3;3*+1;;;/p-6. The Bertz CT molecular complexity index is 349. The zero-order valence-electron chi connectivity index (χ0n) is 9.70. The van der Waals surface area contributed by atoms with Gasteiger partial charge in [0.25, 0.3) is 0 Å². The van der Waals surface area contributed by atoms with E-state index in [1.54, 1.807) is 0 Å². The predicted molar refractivity (Wildman–Crippen MR) is 37.2 cm³/mol. The number of hydrogen-bond donors (Lipinski definition) is 0. The molecule has 0 N–H and O–H groups in total. The Morgan fingerprint density at radius 1 is 0.421 bits per heavy atom. The van der Waals surface area contributed by atoms with Crippen molar-refractivity contribution in [3.63, 3.8) is 0 Å². The van der Waals surface area contributed by atoms with Gasteiger partial charge in [0.05, 0.1) is 0 Å². The van der Waals surface area contributed by atoms with Gasteiger partial charge in [-0.25, -0.2) is 0 Å². The molecule has 0 aromatic carbocycles. The second-order valence-electron chi connectivity index (χ2n) is 1.22. The monoisotopic (exact) mass is 432 g/mol. The summed E-state index contributed by atoms with van der Waals surface area (Å²) in [6, 6.07) is 0. The van der Waals surface area contributed by atoms with Gasteiger partial charge in [-0.05, 0) is 0 Å². The molecule has 0 bridgehead atoms. The molecule has 0 aromatic rings. The third kappa shape index (κ3) is 400. The Balaban J connectivity index is -0.0000000206. The first kappa shape index (κ1) is 44.0. The first-order valence-electron chi connectivity index (χ1n) is 2.00. The molecule has 0 amide bonds. The molecule has 0 saturated carbocycles. The van der Waals surface area contributed by atoms with Crippen molar-refractivity contribution in [2.24, 2.45) is 0 Å². The van der Waals surface area contributed by atoms with Gasteiger partial charge in [0.2, 0.25) is 0 Å². The van der Waals surface area contributed by atoms with Gasteiger partial charge < -0.3 is 27.3 Å². The summed E-state index contributed by atoms with van der Waals surface area (Å²) in [5.41, 5.74) is 0. The molecule has 0 unspecified atom stereocenters. The topological polar surface area (TPSA) is 241 Å². The second-order valence-corrected chi connectivity index (χ2v) is 3.67. The summed E-state index contributed by atoms with van der Waals surface area (Å²) in [5.74, 6) is 0. The Morgan fingerprint density at radius 3 is 0.421 bits per heavy atom. The Hall–Kier alpha value is 5.05. The molecule has 0 radical (unpaired) electrons. The summed E-state index contributed by atoms with van der Waals surface area (Å²) in [7, 11) is -15.5. The van der Waals surface area contributed by atoms with E-state index in [1.807, 2.05) is 0 Å². The smallest absolute Gasteiger partial charge is 0.759 e.